The highest BCUT2D eigenvalue weighted by molar-refractivity contribution is 7.99. The van der Waals surface area contributed by atoms with E-state index in [2.05, 4.69) is 10.3 Å². The molecule has 146 valence electrons. The number of hydrogen-bond donors (Lipinski definition) is 2. The van der Waals surface area contributed by atoms with E-state index in [1.165, 1.54) is 25.7 Å². The van der Waals surface area contributed by atoms with Crippen LogP contribution < -0.4 is 5.32 Å². The van der Waals surface area contributed by atoms with Gasteiger partial charge in [-0.1, -0.05) is 24.4 Å². The molecule has 4 nitrogen and oxygen atoms in total. The fraction of sp³-hybridized carbons (Fsp3) is 0.714. The minimum absolute atomic E-state index is 0.0240. The molecule has 1 amide bonds. The molecule has 1 aromatic heterocycles. The quantitative estimate of drug-likeness (QED) is 0.725. The molecule has 0 spiro atoms. The van der Waals surface area contributed by atoms with E-state index in [4.69, 9.17) is 11.6 Å². The third-order valence-corrected chi connectivity index (χ3v) is 8.74. The van der Waals surface area contributed by atoms with Crippen molar-refractivity contribution in [3.05, 3.63) is 22.8 Å². The third-order valence-electron chi connectivity index (χ3n) is 7.19. The van der Waals surface area contributed by atoms with E-state index in [9.17, 15) is 9.90 Å². The van der Waals surface area contributed by atoms with Gasteiger partial charge < -0.3 is 10.4 Å². The molecule has 27 heavy (non-hydrogen) atoms. The number of thioether (sulfide) groups is 1. The van der Waals surface area contributed by atoms with Crippen LogP contribution >= 0.6 is 23.4 Å². The number of pyridine rings is 1. The van der Waals surface area contributed by atoms with Crippen molar-refractivity contribution in [1.29, 1.82) is 0 Å². The predicted molar refractivity (Wildman–Crippen MR) is 107 cm³/mol. The molecule has 0 saturated heterocycles. The molecule has 5 saturated carbocycles. The maximum atomic E-state index is 13.2. The van der Waals surface area contributed by atoms with Crippen molar-refractivity contribution in [2.75, 3.05) is 0 Å². The Morgan fingerprint density at radius 2 is 1.89 bits per heavy atom. The Bertz CT molecular complexity index is 736. The molecular weight excluding hydrogens is 380 g/mol. The van der Waals surface area contributed by atoms with E-state index in [1.54, 1.807) is 17.8 Å². The second-order valence-electron chi connectivity index (χ2n) is 9.20. The summed E-state index contributed by atoms with van der Waals surface area (Å²) < 4.78 is 0. The Balaban J connectivity index is 1.34. The number of aliphatic hydroxyl groups is 1. The lowest BCUT2D eigenvalue weighted by Gasteiger charge is -2.58. The van der Waals surface area contributed by atoms with Crippen molar-refractivity contribution >= 4 is 29.3 Å². The van der Waals surface area contributed by atoms with Gasteiger partial charge in [0.05, 0.1) is 11.2 Å². The maximum absolute atomic E-state index is 13.2. The molecular formula is C21H27ClN2O2S. The number of nitrogens with one attached hydrogen (secondary N) is 1. The number of aromatic nitrogens is 1. The number of nitrogens with zero attached hydrogens (tertiary/aromatic N) is 1. The molecule has 2 atom stereocenters. The Morgan fingerprint density at radius 1 is 1.19 bits per heavy atom. The first kappa shape index (κ1) is 18.3. The predicted octanol–water partition coefficient (Wildman–Crippen LogP) is 4.44. The van der Waals surface area contributed by atoms with E-state index in [1.807, 2.05) is 6.07 Å². The van der Waals surface area contributed by atoms with Crippen molar-refractivity contribution in [2.45, 2.75) is 79.7 Å². The second-order valence-corrected chi connectivity index (χ2v) is 10.9. The van der Waals surface area contributed by atoms with Crippen molar-refractivity contribution in [1.82, 2.24) is 10.3 Å². The topological polar surface area (TPSA) is 62.2 Å². The lowest BCUT2D eigenvalue weighted by molar-refractivity contribution is -0.136. The fourth-order valence-corrected chi connectivity index (χ4v) is 7.81. The van der Waals surface area contributed by atoms with Crippen LogP contribution in [-0.4, -0.2) is 32.9 Å². The van der Waals surface area contributed by atoms with Crippen LogP contribution in [0.25, 0.3) is 0 Å². The van der Waals surface area contributed by atoms with Gasteiger partial charge in [0, 0.05) is 11.3 Å². The number of halogens is 1. The summed E-state index contributed by atoms with van der Waals surface area (Å²) in [7, 11) is 0. The number of carbonyl (C=O) groups excluding carboxylic acids is 1. The van der Waals surface area contributed by atoms with E-state index in [0.29, 0.717) is 33.7 Å². The molecule has 4 bridgehead atoms. The van der Waals surface area contributed by atoms with Crippen LogP contribution in [0.1, 0.15) is 68.1 Å². The molecule has 5 fully saturated rings. The Hall–Kier alpha value is -0.780. The van der Waals surface area contributed by atoms with Gasteiger partial charge in [0.25, 0.3) is 5.91 Å². The molecule has 5 aliphatic rings. The van der Waals surface area contributed by atoms with Gasteiger partial charge in [0.15, 0.2) is 0 Å². The Kier molecular flexibility index (Phi) is 4.68. The van der Waals surface area contributed by atoms with Gasteiger partial charge in [-0.2, -0.15) is 0 Å². The number of rotatable bonds is 4. The largest absolute Gasteiger partial charge is 0.390 e. The van der Waals surface area contributed by atoms with Crippen LogP contribution in [0.15, 0.2) is 17.2 Å². The first-order valence-electron chi connectivity index (χ1n) is 10.4. The molecule has 1 heterocycles. The van der Waals surface area contributed by atoms with Gasteiger partial charge in [0.1, 0.15) is 10.2 Å². The van der Waals surface area contributed by atoms with Crippen molar-refractivity contribution in [2.24, 2.45) is 17.8 Å². The highest BCUT2D eigenvalue weighted by Gasteiger charge is 2.55. The van der Waals surface area contributed by atoms with Crippen LogP contribution in [-0.2, 0) is 0 Å². The molecule has 0 radical (unpaired) electrons. The van der Waals surface area contributed by atoms with Crippen LogP contribution in [0, 0.1) is 17.8 Å². The first-order chi connectivity index (χ1) is 13.0. The lowest BCUT2D eigenvalue weighted by atomic mass is 9.52. The standard InChI is InChI=1S/C21H27ClN2O2S/c22-17-6-5-16(20(23-17)27-15-3-1-2-4-15)19(25)24-18-13-7-12-8-14(18)11-21(26,9-12)10-13/h5-6,12-15,18,26H,1-4,7-11H2,(H,24,25)/t12?,13?,14?,18-,21+. The van der Waals surface area contributed by atoms with Crippen LogP contribution in [0.4, 0.5) is 0 Å². The molecule has 6 rings (SSSR count). The average Bonchev–Trinajstić information content (AvgIpc) is 3.09. The maximum Gasteiger partial charge on any atom is 0.254 e. The number of amides is 1. The SMILES string of the molecule is O=C(N[C@H]1C2CC3CC1C[C@@](O)(C3)C2)c1ccc(Cl)nc1SC1CCCC1. The number of hydrogen-bond acceptors (Lipinski definition) is 4. The summed E-state index contributed by atoms with van der Waals surface area (Å²) in [5.41, 5.74) is 0.187. The smallest absolute Gasteiger partial charge is 0.254 e. The highest BCUT2D eigenvalue weighted by atomic mass is 35.5. The summed E-state index contributed by atoms with van der Waals surface area (Å²) in [5, 5.41) is 15.9. The van der Waals surface area contributed by atoms with E-state index >= 15 is 0 Å². The summed E-state index contributed by atoms with van der Waals surface area (Å²) in [5.74, 6) is 1.45. The molecule has 2 unspecified atom stereocenters. The van der Waals surface area contributed by atoms with Gasteiger partial charge >= 0.3 is 0 Å². The fourth-order valence-electron chi connectivity index (χ4n) is 6.29. The molecule has 6 heteroatoms. The van der Waals surface area contributed by atoms with Crippen LogP contribution in [0.2, 0.25) is 5.15 Å². The van der Waals surface area contributed by atoms with E-state index in [0.717, 1.165) is 37.1 Å². The molecule has 5 aliphatic carbocycles. The Morgan fingerprint density at radius 3 is 2.56 bits per heavy atom. The minimum Gasteiger partial charge on any atom is -0.390 e. The zero-order valence-corrected chi connectivity index (χ0v) is 17.1. The molecule has 0 aromatic carbocycles. The normalized spacial score (nSPS) is 37.7. The van der Waals surface area contributed by atoms with E-state index in [-0.39, 0.29) is 11.9 Å². The summed E-state index contributed by atoms with van der Waals surface area (Å²) in [6.45, 7) is 0. The summed E-state index contributed by atoms with van der Waals surface area (Å²) >= 11 is 7.84. The number of carbonyl (C=O) groups is 1. The summed E-state index contributed by atoms with van der Waals surface area (Å²) in [6.07, 6.45) is 9.83. The zero-order valence-electron chi connectivity index (χ0n) is 15.5. The zero-order chi connectivity index (χ0) is 18.6. The summed E-state index contributed by atoms with van der Waals surface area (Å²) in [6, 6.07) is 3.73. The average molecular weight is 407 g/mol. The van der Waals surface area contributed by atoms with Gasteiger partial charge in [0.2, 0.25) is 0 Å². The van der Waals surface area contributed by atoms with Gasteiger partial charge in [-0.3, -0.25) is 4.79 Å². The van der Waals surface area contributed by atoms with Crippen molar-refractivity contribution in [3.8, 4) is 0 Å². The van der Waals surface area contributed by atoms with Crippen molar-refractivity contribution in [3.63, 3.8) is 0 Å². The molecule has 0 aliphatic heterocycles. The lowest BCUT2D eigenvalue weighted by Crippen LogP contribution is -2.61. The first-order valence-corrected chi connectivity index (χ1v) is 11.6. The van der Waals surface area contributed by atoms with Gasteiger partial charge in [-0.05, 0) is 74.8 Å². The third kappa shape index (κ3) is 3.51. The van der Waals surface area contributed by atoms with Crippen LogP contribution in [0.3, 0.4) is 0 Å². The monoisotopic (exact) mass is 406 g/mol. The minimum atomic E-state index is -0.469. The summed E-state index contributed by atoms with van der Waals surface area (Å²) in [4.78, 5) is 17.6. The van der Waals surface area contributed by atoms with Crippen LogP contribution in [0.5, 0.6) is 0 Å². The highest BCUT2D eigenvalue weighted by Crippen LogP contribution is 2.55. The van der Waals surface area contributed by atoms with Crippen molar-refractivity contribution < 1.29 is 9.90 Å². The second kappa shape index (κ2) is 6.93. The van der Waals surface area contributed by atoms with Gasteiger partial charge in [-0.15, -0.1) is 11.8 Å². The molecule has 2 N–H and O–H groups in total. The molecule has 1 aromatic rings. The van der Waals surface area contributed by atoms with Gasteiger partial charge in [-0.25, -0.2) is 4.98 Å². The van der Waals surface area contributed by atoms with E-state index < -0.39 is 5.60 Å². The Labute approximate surface area is 169 Å².